The minimum absolute atomic E-state index is 0.0465. The predicted octanol–water partition coefficient (Wildman–Crippen LogP) is 1.44. The van der Waals surface area contributed by atoms with Crippen molar-refractivity contribution < 1.29 is 14.3 Å². The van der Waals surface area contributed by atoms with Gasteiger partial charge in [-0.05, 0) is 0 Å². The van der Waals surface area contributed by atoms with Crippen LogP contribution in [0, 0.1) is 5.92 Å². The van der Waals surface area contributed by atoms with Gasteiger partial charge in [-0.3, -0.25) is 9.59 Å². The Balaban J connectivity index is 3.54. The van der Waals surface area contributed by atoms with Crippen LogP contribution in [0.4, 0.5) is 0 Å². The predicted molar refractivity (Wildman–Crippen MR) is 58.3 cm³/mol. The maximum Gasteiger partial charge on any atom is 0.223 e. The Bertz CT molecular complexity index is 214. The van der Waals surface area contributed by atoms with E-state index in [9.17, 15) is 9.59 Å². The van der Waals surface area contributed by atoms with E-state index >= 15 is 0 Å². The minimum Gasteiger partial charge on any atom is -0.361 e. The zero-order chi connectivity index (χ0) is 11.8. The van der Waals surface area contributed by atoms with E-state index in [0.717, 1.165) is 0 Å². The maximum absolute atomic E-state index is 11.2. The van der Waals surface area contributed by atoms with Crippen LogP contribution < -0.4 is 0 Å². The average molecular weight is 215 g/mol. The number of carbonyl (C=O) groups is 2. The fourth-order valence-corrected chi connectivity index (χ4v) is 1.00. The van der Waals surface area contributed by atoms with E-state index in [1.807, 2.05) is 13.8 Å². The van der Waals surface area contributed by atoms with E-state index in [4.69, 9.17) is 4.74 Å². The molecule has 0 aromatic rings. The van der Waals surface area contributed by atoms with Crippen molar-refractivity contribution in [3.8, 4) is 0 Å². The zero-order valence-electron chi connectivity index (χ0n) is 10.1. The molecule has 0 aromatic heterocycles. The Morgan fingerprint density at radius 3 is 2.40 bits per heavy atom. The Kier molecular flexibility index (Phi) is 6.96. The van der Waals surface area contributed by atoms with Crippen LogP contribution in [0.5, 0.6) is 0 Å². The summed E-state index contributed by atoms with van der Waals surface area (Å²) >= 11 is 0. The molecule has 0 aromatic carbocycles. The molecule has 1 amide bonds. The average Bonchev–Trinajstić information content (AvgIpc) is 2.22. The third kappa shape index (κ3) is 6.23. The lowest BCUT2D eigenvalue weighted by Gasteiger charge is -2.16. The van der Waals surface area contributed by atoms with Crippen LogP contribution in [0.1, 0.15) is 33.6 Å². The molecule has 0 saturated heterocycles. The molecule has 88 valence electrons. The molecule has 0 heterocycles. The summed E-state index contributed by atoms with van der Waals surface area (Å²) in [5.74, 6) is 0.299. The lowest BCUT2D eigenvalue weighted by Crippen LogP contribution is -2.28. The zero-order valence-corrected chi connectivity index (χ0v) is 10.1. The molecule has 0 saturated carbocycles. The van der Waals surface area contributed by atoms with Gasteiger partial charge in [0.2, 0.25) is 5.91 Å². The smallest absolute Gasteiger partial charge is 0.223 e. The van der Waals surface area contributed by atoms with Gasteiger partial charge in [0.25, 0.3) is 0 Å². The van der Waals surface area contributed by atoms with Crippen molar-refractivity contribution in [1.82, 2.24) is 4.90 Å². The summed E-state index contributed by atoms with van der Waals surface area (Å²) in [6.07, 6.45) is 0.899. The Morgan fingerprint density at radius 1 is 1.33 bits per heavy atom. The molecule has 0 unspecified atom stereocenters. The first-order chi connectivity index (χ1) is 6.99. The van der Waals surface area contributed by atoms with Gasteiger partial charge >= 0.3 is 0 Å². The number of ketones is 1. The minimum atomic E-state index is 0.0465. The second-order valence-corrected chi connectivity index (χ2v) is 3.85. The SMILES string of the molecule is CCC(=O)N(C)COCCC(=O)C(C)C. The van der Waals surface area contributed by atoms with Crippen LogP contribution in [0.25, 0.3) is 0 Å². The molecule has 4 nitrogen and oxygen atoms in total. The van der Waals surface area contributed by atoms with E-state index in [1.54, 1.807) is 14.0 Å². The molecule has 15 heavy (non-hydrogen) atoms. The first-order valence-corrected chi connectivity index (χ1v) is 5.33. The molecule has 0 bridgehead atoms. The fourth-order valence-electron chi connectivity index (χ4n) is 1.00. The second kappa shape index (κ2) is 7.40. The molecule has 0 rings (SSSR count). The van der Waals surface area contributed by atoms with E-state index in [-0.39, 0.29) is 24.3 Å². The molecule has 0 fully saturated rings. The summed E-state index contributed by atoms with van der Waals surface area (Å²) in [6, 6.07) is 0. The van der Waals surface area contributed by atoms with E-state index in [2.05, 4.69) is 0 Å². The number of ether oxygens (including phenoxy) is 1. The summed E-state index contributed by atoms with van der Waals surface area (Å²) in [7, 11) is 1.69. The largest absolute Gasteiger partial charge is 0.361 e. The molecule has 0 N–H and O–H groups in total. The van der Waals surface area contributed by atoms with Gasteiger partial charge in [-0.2, -0.15) is 0 Å². The summed E-state index contributed by atoms with van der Waals surface area (Å²) in [5, 5.41) is 0. The summed E-state index contributed by atoms with van der Waals surface area (Å²) in [5.41, 5.74) is 0. The molecule has 4 heteroatoms. The summed E-state index contributed by atoms with van der Waals surface area (Å²) in [6.45, 7) is 6.20. The van der Waals surface area contributed by atoms with Crippen LogP contribution in [-0.2, 0) is 14.3 Å². The number of amides is 1. The van der Waals surface area contributed by atoms with Crippen LogP contribution >= 0.6 is 0 Å². The highest BCUT2D eigenvalue weighted by molar-refractivity contribution is 5.80. The molecule has 0 spiro atoms. The first kappa shape index (κ1) is 14.1. The van der Waals surface area contributed by atoms with Crippen molar-refractivity contribution in [2.45, 2.75) is 33.6 Å². The highest BCUT2D eigenvalue weighted by Gasteiger charge is 2.08. The Morgan fingerprint density at radius 2 is 1.93 bits per heavy atom. The number of rotatable bonds is 7. The molecule has 0 radical (unpaired) electrons. The highest BCUT2D eigenvalue weighted by atomic mass is 16.5. The van der Waals surface area contributed by atoms with Gasteiger partial charge in [-0.15, -0.1) is 0 Å². The number of hydrogen-bond donors (Lipinski definition) is 0. The third-order valence-corrected chi connectivity index (χ3v) is 2.15. The van der Waals surface area contributed by atoms with Crippen molar-refractivity contribution in [2.75, 3.05) is 20.4 Å². The quantitative estimate of drug-likeness (QED) is 0.477. The van der Waals surface area contributed by atoms with Crippen LogP contribution in [0.15, 0.2) is 0 Å². The number of hydrogen-bond acceptors (Lipinski definition) is 3. The summed E-state index contributed by atoms with van der Waals surface area (Å²) < 4.78 is 5.22. The first-order valence-electron chi connectivity index (χ1n) is 5.33. The monoisotopic (exact) mass is 215 g/mol. The van der Waals surface area contributed by atoms with E-state index in [1.165, 1.54) is 4.90 Å². The van der Waals surface area contributed by atoms with Crippen LogP contribution in [0.3, 0.4) is 0 Å². The van der Waals surface area contributed by atoms with Gasteiger partial charge in [0, 0.05) is 25.8 Å². The van der Waals surface area contributed by atoms with Gasteiger partial charge in [0.1, 0.15) is 12.5 Å². The van der Waals surface area contributed by atoms with Crippen molar-refractivity contribution in [3.63, 3.8) is 0 Å². The lowest BCUT2D eigenvalue weighted by molar-refractivity contribution is -0.134. The van der Waals surface area contributed by atoms with Crippen LogP contribution in [0.2, 0.25) is 0 Å². The standard InChI is InChI=1S/C11H21NO3/c1-5-11(14)12(4)8-15-7-6-10(13)9(2)3/h9H,5-8H2,1-4H3. The normalized spacial score (nSPS) is 10.5. The van der Waals surface area contributed by atoms with E-state index < -0.39 is 0 Å². The van der Waals surface area contributed by atoms with Crippen molar-refractivity contribution in [3.05, 3.63) is 0 Å². The fraction of sp³-hybridized carbons (Fsp3) is 0.818. The Hall–Kier alpha value is -0.900. The lowest BCUT2D eigenvalue weighted by atomic mass is 10.1. The van der Waals surface area contributed by atoms with Crippen molar-refractivity contribution >= 4 is 11.7 Å². The van der Waals surface area contributed by atoms with Gasteiger partial charge < -0.3 is 9.64 Å². The maximum atomic E-state index is 11.2. The highest BCUT2D eigenvalue weighted by Crippen LogP contribution is 1.99. The number of Topliss-reactive ketones (excluding diaryl/α,β-unsaturated/α-hetero) is 1. The molecule has 0 aliphatic heterocycles. The van der Waals surface area contributed by atoms with Crippen molar-refractivity contribution in [1.29, 1.82) is 0 Å². The van der Waals surface area contributed by atoms with Gasteiger partial charge in [0.15, 0.2) is 0 Å². The van der Waals surface area contributed by atoms with Crippen molar-refractivity contribution in [2.24, 2.45) is 5.92 Å². The number of nitrogens with zero attached hydrogens (tertiary/aromatic N) is 1. The van der Waals surface area contributed by atoms with Gasteiger partial charge in [-0.1, -0.05) is 20.8 Å². The summed E-state index contributed by atoms with van der Waals surface area (Å²) in [4.78, 5) is 23.9. The van der Waals surface area contributed by atoms with E-state index in [0.29, 0.717) is 19.4 Å². The molecular weight excluding hydrogens is 194 g/mol. The molecule has 0 aliphatic rings. The number of carbonyl (C=O) groups excluding carboxylic acids is 2. The van der Waals surface area contributed by atoms with Crippen LogP contribution in [-0.4, -0.2) is 37.0 Å². The molecule has 0 atom stereocenters. The molecule has 0 aliphatic carbocycles. The van der Waals surface area contributed by atoms with Gasteiger partial charge in [0.05, 0.1) is 6.61 Å². The molecular formula is C11H21NO3. The van der Waals surface area contributed by atoms with Gasteiger partial charge in [-0.25, -0.2) is 0 Å². The topological polar surface area (TPSA) is 46.6 Å². The second-order valence-electron chi connectivity index (χ2n) is 3.85. The Labute approximate surface area is 91.6 Å². The third-order valence-electron chi connectivity index (χ3n) is 2.15.